The Bertz CT molecular complexity index is 237. The van der Waals surface area contributed by atoms with E-state index < -0.39 is 0 Å². The van der Waals surface area contributed by atoms with Crippen LogP contribution < -0.4 is 16.6 Å². The lowest BCUT2D eigenvalue weighted by atomic mass is 9.80. The van der Waals surface area contributed by atoms with Crippen LogP contribution in [0, 0.1) is 11.8 Å². The van der Waals surface area contributed by atoms with Gasteiger partial charge in [-0.25, -0.2) is 5.84 Å². The number of ketones is 1. The second kappa shape index (κ2) is 6.02. The average Bonchev–Trinajstić information content (AvgIpc) is 2.26. The lowest BCUT2D eigenvalue weighted by molar-refractivity contribution is -0.121. The van der Waals surface area contributed by atoms with E-state index in [1.54, 1.807) is 6.92 Å². The fraction of sp³-hybridized carbons (Fsp3) is 0.800. The third kappa shape index (κ3) is 4.13. The Labute approximate surface area is 95.9 Å². The van der Waals surface area contributed by atoms with Gasteiger partial charge in [0, 0.05) is 12.5 Å². The van der Waals surface area contributed by atoms with Gasteiger partial charge in [0.15, 0.2) is 5.11 Å². The molecule has 0 aromatic rings. The SMILES string of the molecule is CC(=O)C1CCC(CNC(=S)NN)CC1. The maximum Gasteiger partial charge on any atom is 0.180 e. The molecule has 0 aromatic carbocycles. The number of carbonyl (C=O) groups is 1. The van der Waals surface area contributed by atoms with Gasteiger partial charge in [-0.05, 0) is 50.7 Å². The molecule has 0 saturated heterocycles. The van der Waals surface area contributed by atoms with Crippen LogP contribution in [-0.2, 0) is 4.79 Å². The van der Waals surface area contributed by atoms with Gasteiger partial charge in [0.2, 0.25) is 0 Å². The summed E-state index contributed by atoms with van der Waals surface area (Å²) in [5.41, 5.74) is 2.40. The predicted octanol–water partition coefficient (Wildman–Crippen LogP) is 0.720. The van der Waals surface area contributed by atoms with Crippen molar-refractivity contribution in [1.82, 2.24) is 10.7 Å². The third-order valence-electron chi connectivity index (χ3n) is 3.10. The molecule has 0 amide bonds. The maximum absolute atomic E-state index is 11.2. The summed E-state index contributed by atoms with van der Waals surface area (Å²) >= 11 is 4.89. The quantitative estimate of drug-likeness (QED) is 0.378. The summed E-state index contributed by atoms with van der Waals surface area (Å²) in [4.78, 5) is 11.2. The van der Waals surface area contributed by atoms with Gasteiger partial charge in [-0.15, -0.1) is 0 Å². The van der Waals surface area contributed by atoms with E-state index in [0.29, 0.717) is 22.7 Å². The van der Waals surface area contributed by atoms with Crippen LogP contribution in [0.3, 0.4) is 0 Å². The van der Waals surface area contributed by atoms with Crippen LogP contribution in [0.1, 0.15) is 32.6 Å². The van der Waals surface area contributed by atoms with Gasteiger partial charge in [0.05, 0.1) is 0 Å². The highest BCUT2D eigenvalue weighted by molar-refractivity contribution is 7.80. The fourth-order valence-corrected chi connectivity index (χ4v) is 2.14. The zero-order valence-electron chi connectivity index (χ0n) is 9.08. The zero-order valence-corrected chi connectivity index (χ0v) is 9.90. The standard InChI is InChI=1S/C10H19N3OS/c1-7(14)9-4-2-8(3-5-9)6-12-10(15)13-11/h8-9H,2-6,11H2,1H3,(H2,12,13,15). The van der Waals surface area contributed by atoms with E-state index in [1.807, 2.05) is 0 Å². The minimum atomic E-state index is 0.292. The molecule has 86 valence electrons. The zero-order chi connectivity index (χ0) is 11.3. The highest BCUT2D eigenvalue weighted by atomic mass is 32.1. The number of hydrogen-bond acceptors (Lipinski definition) is 3. The van der Waals surface area contributed by atoms with E-state index in [1.165, 1.54) is 0 Å². The maximum atomic E-state index is 11.2. The number of hydrazine groups is 1. The van der Waals surface area contributed by atoms with Gasteiger partial charge < -0.3 is 10.7 Å². The van der Waals surface area contributed by atoms with Crippen molar-refractivity contribution in [3.63, 3.8) is 0 Å². The molecule has 1 aliphatic rings. The highest BCUT2D eigenvalue weighted by Crippen LogP contribution is 2.28. The van der Waals surface area contributed by atoms with E-state index in [0.717, 1.165) is 32.2 Å². The normalized spacial score (nSPS) is 25.7. The lowest BCUT2D eigenvalue weighted by Gasteiger charge is -2.27. The smallest absolute Gasteiger partial charge is 0.180 e. The van der Waals surface area contributed by atoms with Crippen molar-refractivity contribution in [2.75, 3.05) is 6.54 Å². The van der Waals surface area contributed by atoms with Crippen LogP contribution in [0.25, 0.3) is 0 Å². The number of nitrogens with two attached hydrogens (primary N) is 1. The molecule has 0 bridgehead atoms. The first kappa shape index (κ1) is 12.4. The van der Waals surface area contributed by atoms with E-state index in [-0.39, 0.29) is 0 Å². The summed E-state index contributed by atoms with van der Waals surface area (Å²) < 4.78 is 0. The van der Waals surface area contributed by atoms with Crippen LogP contribution in [0.5, 0.6) is 0 Å². The predicted molar refractivity (Wildman–Crippen MR) is 64.1 cm³/mol. The largest absolute Gasteiger partial charge is 0.361 e. The first-order chi connectivity index (χ1) is 7.13. The minimum absolute atomic E-state index is 0.292. The number of hydrogen-bond donors (Lipinski definition) is 3. The summed E-state index contributed by atoms with van der Waals surface area (Å²) in [6.45, 7) is 2.55. The number of rotatable bonds is 3. The molecule has 1 saturated carbocycles. The molecule has 15 heavy (non-hydrogen) atoms. The van der Waals surface area contributed by atoms with Crippen LogP contribution in [-0.4, -0.2) is 17.4 Å². The van der Waals surface area contributed by atoms with Gasteiger partial charge in [-0.2, -0.15) is 0 Å². The average molecular weight is 229 g/mol. The fourth-order valence-electron chi connectivity index (χ4n) is 2.06. The molecule has 0 aliphatic heterocycles. The van der Waals surface area contributed by atoms with Crippen molar-refractivity contribution in [2.24, 2.45) is 17.7 Å². The van der Waals surface area contributed by atoms with Crippen LogP contribution in [0.2, 0.25) is 0 Å². The summed E-state index contributed by atoms with van der Waals surface area (Å²) in [5, 5.41) is 3.55. The van der Waals surface area contributed by atoms with Gasteiger partial charge in [0.25, 0.3) is 0 Å². The number of nitrogens with one attached hydrogen (secondary N) is 2. The monoisotopic (exact) mass is 229 g/mol. The van der Waals surface area contributed by atoms with Crippen LogP contribution in [0.15, 0.2) is 0 Å². The first-order valence-electron chi connectivity index (χ1n) is 5.38. The lowest BCUT2D eigenvalue weighted by Crippen LogP contribution is -2.42. The van der Waals surface area contributed by atoms with Gasteiger partial charge in [0.1, 0.15) is 5.78 Å². The molecule has 0 radical (unpaired) electrons. The Hall–Kier alpha value is -0.680. The minimum Gasteiger partial charge on any atom is -0.361 e. The van der Waals surface area contributed by atoms with Crippen molar-refractivity contribution >= 4 is 23.1 Å². The van der Waals surface area contributed by atoms with Gasteiger partial charge in [-0.1, -0.05) is 0 Å². The Morgan fingerprint density at radius 3 is 2.47 bits per heavy atom. The summed E-state index contributed by atoms with van der Waals surface area (Å²) in [5.74, 6) is 6.39. The van der Waals surface area contributed by atoms with Gasteiger partial charge >= 0.3 is 0 Å². The summed E-state index contributed by atoms with van der Waals surface area (Å²) in [6.07, 6.45) is 4.24. The van der Waals surface area contributed by atoms with E-state index in [9.17, 15) is 4.79 Å². The number of carbonyl (C=O) groups excluding carboxylic acids is 1. The van der Waals surface area contributed by atoms with Crippen molar-refractivity contribution in [3.8, 4) is 0 Å². The summed E-state index contributed by atoms with van der Waals surface area (Å²) in [6, 6.07) is 0. The molecule has 1 aliphatic carbocycles. The van der Waals surface area contributed by atoms with Gasteiger partial charge in [-0.3, -0.25) is 4.79 Å². The number of Topliss-reactive ketones (excluding diaryl/α,β-unsaturated/α-hetero) is 1. The van der Waals surface area contributed by atoms with E-state index in [4.69, 9.17) is 18.1 Å². The first-order valence-corrected chi connectivity index (χ1v) is 5.79. The van der Waals surface area contributed by atoms with Crippen molar-refractivity contribution in [2.45, 2.75) is 32.6 Å². The third-order valence-corrected chi connectivity index (χ3v) is 3.37. The molecule has 0 atom stereocenters. The molecular weight excluding hydrogens is 210 g/mol. The second-order valence-electron chi connectivity index (χ2n) is 4.18. The van der Waals surface area contributed by atoms with E-state index in [2.05, 4.69) is 10.7 Å². The van der Waals surface area contributed by atoms with Crippen molar-refractivity contribution in [1.29, 1.82) is 0 Å². The molecule has 1 fully saturated rings. The molecule has 4 nitrogen and oxygen atoms in total. The van der Waals surface area contributed by atoms with Crippen LogP contribution >= 0.6 is 12.2 Å². The molecule has 4 N–H and O–H groups in total. The van der Waals surface area contributed by atoms with Crippen molar-refractivity contribution < 1.29 is 4.79 Å². The highest BCUT2D eigenvalue weighted by Gasteiger charge is 2.23. The summed E-state index contributed by atoms with van der Waals surface area (Å²) in [7, 11) is 0. The molecular formula is C10H19N3OS. The molecule has 0 unspecified atom stereocenters. The van der Waals surface area contributed by atoms with Crippen molar-refractivity contribution in [3.05, 3.63) is 0 Å². The van der Waals surface area contributed by atoms with Crippen LogP contribution in [0.4, 0.5) is 0 Å². The Kier molecular flexibility index (Phi) is 4.98. The Balaban J connectivity index is 2.20. The molecule has 5 heteroatoms. The molecule has 0 aromatic heterocycles. The topological polar surface area (TPSA) is 67.2 Å². The molecule has 0 heterocycles. The Morgan fingerprint density at radius 2 is 2.00 bits per heavy atom. The molecule has 1 rings (SSSR count). The molecule has 0 spiro atoms. The van der Waals surface area contributed by atoms with E-state index >= 15 is 0 Å². The Morgan fingerprint density at radius 1 is 1.40 bits per heavy atom. The number of thiocarbonyl (C=S) groups is 1. The second-order valence-corrected chi connectivity index (χ2v) is 4.59.